The first-order valence-corrected chi connectivity index (χ1v) is 10.5. The maximum Gasteiger partial charge on any atom is 0.234 e. The molecule has 2 heterocycles. The Morgan fingerprint density at radius 1 is 1.23 bits per heavy atom. The van der Waals surface area contributed by atoms with E-state index in [2.05, 4.69) is 15.3 Å². The van der Waals surface area contributed by atoms with Crippen LogP contribution in [0.2, 0.25) is 5.02 Å². The number of hydrogen-bond donors (Lipinski definition) is 2. The molecule has 1 aromatic carbocycles. The van der Waals surface area contributed by atoms with Gasteiger partial charge in [-0.15, -0.1) is 11.3 Å². The molecule has 0 saturated carbocycles. The highest BCUT2D eigenvalue weighted by Gasteiger charge is 2.20. The highest BCUT2D eigenvalue weighted by Crippen LogP contribution is 2.38. The lowest BCUT2D eigenvalue weighted by molar-refractivity contribution is -0.113. The number of amides is 1. The predicted molar refractivity (Wildman–Crippen MR) is 109 cm³/mol. The summed E-state index contributed by atoms with van der Waals surface area (Å²) in [6.45, 7) is 0. The van der Waals surface area contributed by atoms with Crippen LogP contribution < -0.4 is 11.1 Å². The molecule has 1 aliphatic rings. The molecule has 0 spiro atoms. The van der Waals surface area contributed by atoms with Gasteiger partial charge in [0.2, 0.25) is 5.91 Å². The fraction of sp³-hybridized carbons (Fsp3) is 0.278. The molecule has 134 valence electrons. The van der Waals surface area contributed by atoms with Crippen molar-refractivity contribution in [3.63, 3.8) is 0 Å². The number of nitrogens with two attached hydrogens (primary N) is 1. The minimum Gasteiger partial charge on any atom is -0.383 e. The summed E-state index contributed by atoms with van der Waals surface area (Å²) >= 11 is 8.85. The summed E-state index contributed by atoms with van der Waals surface area (Å²) in [6.07, 6.45) is 4.57. The van der Waals surface area contributed by atoms with E-state index < -0.39 is 0 Å². The Morgan fingerprint density at radius 3 is 2.81 bits per heavy atom. The average Bonchev–Trinajstić information content (AvgIpc) is 3.01. The van der Waals surface area contributed by atoms with Gasteiger partial charge in [0.1, 0.15) is 10.6 Å². The molecule has 26 heavy (non-hydrogen) atoms. The molecule has 0 atom stereocenters. The number of nitrogens with zero attached hydrogens (tertiary/aromatic N) is 2. The van der Waals surface area contributed by atoms with Gasteiger partial charge in [0.05, 0.1) is 11.1 Å². The molecule has 0 aliphatic heterocycles. The summed E-state index contributed by atoms with van der Waals surface area (Å²) in [5, 5.41) is 5.02. The number of hydrogen-bond acceptors (Lipinski definition) is 6. The lowest BCUT2D eigenvalue weighted by atomic mass is 9.97. The standard InChI is InChI=1S/C18H17ClN4OS2/c19-10-5-7-11(8-6-10)21-14(24)9-25-18-22-16(20)15-12-3-1-2-4-13(12)26-17(15)23-18/h5-8H,1-4,9H2,(H,21,24)(H2,20,22,23). The smallest absolute Gasteiger partial charge is 0.234 e. The number of fused-ring (bicyclic) bond motifs is 3. The molecule has 0 fully saturated rings. The predicted octanol–water partition coefficient (Wildman–Crippen LogP) is 4.54. The third kappa shape index (κ3) is 3.65. The zero-order chi connectivity index (χ0) is 18.1. The van der Waals surface area contributed by atoms with Crippen molar-refractivity contribution < 1.29 is 4.79 Å². The third-order valence-electron chi connectivity index (χ3n) is 4.28. The molecule has 5 nitrogen and oxygen atoms in total. The quantitative estimate of drug-likeness (QED) is 0.493. The van der Waals surface area contributed by atoms with Crippen molar-refractivity contribution in [1.82, 2.24) is 9.97 Å². The molecular formula is C18H17ClN4OS2. The van der Waals surface area contributed by atoms with Crippen LogP contribution in [0.15, 0.2) is 29.4 Å². The Morgan fingerprint density at radius 2 is 2.00 bits per heavy atom. The van der Waals surface area contributed by atoms with Crippen LogP contribution in [0.25, 0.3) is 10.2 Å². The van der Waals surface area contributed by atoms with Gasteiger partial charge in [0.25, 0.3) is 0 Å². The number of thioether (sulfide) groups is 1. The topological polar surface area (TPSA) is 80.9 Å². The molecule has 3 aromatic rings. The van der Waals surface area contributed by atoms with Gasteiger partial charge >= 0.3 is 0 Å². The molecule has 8 heteroatoms. The van der Waals surface area contributed by atoms with E-state index in [9.17, 15) is 4.79 Å². The molecule has 1 aliphatic carbocycles. The highest BCUT2D eigenvalue weighted by molar-refractivity contribution is 7.99. The number of carbonyl (C=O) groups is 1. The minimum atomic E-state index is -0.120. The number of rotatable bonds is 4. The Labute approximate surface area is 164 Å². The zero-order valence-corrected chi connectivity index (χ0v) is 16.3. The molecule has 4 rings (SSSR count). The van der Waals surface area contributed by atoms with Crippen LogP contribution >= 0.6 is 34.7 Å². The van der Waals surface area contributed by atoms with Gasteiger partial charge in [-0.05, 0) is 55.5 Å². The summed E-state index contributed by atoms with van der Waals surface area (Å²) in [5.41, 5.74) is 8.23. The van der Waals surface area contributed by atoms with E-state index in [4.69, 9.17) is 17.3 Å². The Balaban J connectivity index is 1.47. The minimum absolute atomic E-state index is 0.120. The highest BCUT2D eigenvalue weighted by atomic mass is 35.5. The van der Waals surface area contributed by atoms with E-state index in [0.29, 0.717) is 21.7 Å². The summed E-state index contributed by atoms with van der Waals surface area (Å²) in [7, 11) is 0. The van der Waals surface area contributed by atoms with Gasteiger partial charge in [-0.2, -0.15) is 0 Å². The van der Waals surface area contributed by atoms with Crippen LogP contribution in [0.4, 0.5) is 11.5 Å². The van der Waals surface area contributed by atoms with Crippen molar-refractivity contribution in [3.8, 4) is 0 Å². The van der Waals surface area contributed by atoms with Crippen molar-refractivity contribution in [1.29, 1.82) is 0 Å². The van der Waals surface area contributed by atoms with Crippen LogP contribution in [0.1, 0.15) is 23.3 Å². The molecule has 0 radical (unpaired) electrons. The number of aryl methyl sites for hydroxylation is 2. The van der Waals surface area contributed by atoms with Gasteiger partial charge in [-0.25, -0.2) is 9.97 Å². The van der Waals surface area contributed by atoms with Crippen LogP contribution in [-0.4, -0.2) is 21.6 Å². The normalized spacial score (nSPS) is 13.6. The molecular weight excluding hydrogens is 388 g/mol. The van der Waals surface area contributed by atoms with Crippen LogP contribution in [0.5, 0.6) is 0 Å². The van der Waals surface area contributed by atoms with Crippen molar-refractivity contribution in [2.45, 2.75) is 30.8 Å². The van der Waals surface area contributed by atoms with E-state index in [1.54, 1.807) is 35.6 Å². The molecule has 0 bridgehead atoms. The Kier molecular flexibility index (Phi) is 5.02. The number of nitrogen functional groups attached to an aromatic ring is 1. The van der Waals surface area contributed by atoms with Gasteiger partial charge in [0.15, 0.2) is 5.16 Å². The molecule has 3 N–H and O–H groups in total. The Bertz CT molecular complexity index is 971. The van der Waals surface area contributed by atoms with E-state index in [-0.39, 0.29) is 11.7 Å². The van der Waals surface area contributed by atoms with Gasteiger partial charge in [-0.3, -0.25) is 4.79 Å². The van der Waals surface area contributed by atoms with Crippen LogP contribution in [-0.2, 0) is 17.6 Å². The molecule has 1 amide bonds. The number of thiophene rings is 1. The van der Waals surface area contributed by atoms with Crippen molar-refractivity contribution in [2.75, 3.05) is 16.8 Å². The number of benzene rings is 1. The lowest BCUT2D eigenvalue weighted by Crippen LogP contribution is -2.14. The van der Waals surface area contributed by atoms with Crippen LogP contribution in [0, 0.1) is 0 Å². The monoisotopic (exact) mass is 404 g/mol. The maximum atomic E-state index is 12.1. The number of nitrogens with one attached hydrogen (secondary N) is 1. The van der Waals surface area contributed by atoms with E-state index in [1.807, 2.05) is 0 Å². The van der Waals surface area contributed by atoms with Crippen molar-refractivity contribution in [2.24, 2.45) is 0 Å². The average molecular weight is 405 g/mol. The van der Waals surface area contributed by atoms with Crippen LogP contribution in [0.3, 0.4) is 0 Å². The fourth-order valence-electron chi connectivity index (χ4n) is 3.09. The maximum absolute atomic E-state index is 12.1. The zero-order valence-electron chi connectivity index (χ0n) is 13.9. The number of carbonyl (C=O) groups excluding carboxylic acids is 1. The third-order valence-corrected chi connectivity index (χ3v) is 6.57. The lowest BCUT2D eigenvalue weighted by Gasteiger charge is -2.10. The van der Waals surface area contributed by atoms with Crippen molar-refractivity contribution >= 4 is 62.3 Å². The number of aromatic nitrogens is 2. The summed E-state index contributed by atoms with van der Waals surface area (Å²) in [5.74, 6) is 0.624. The van der Waals surface area contributed by atoms with E-state index >= 15 is 0 Å². The van der Waals surface area contributed by atoms with E-state index in [1.165, 1.54) is 35.0 Å². The number of anilines is 2. The first kappa shape index (κ1) is 17.6. The molecule has 2 aromatic heterocycles. The second kappa shape index (κ2) is 7.42. The van der Waals surface area contributed by atoms with Crippen molar-refractivity contribution in [3.05, 3.63) is 39.7 Å². The SMILES string of the molecule is Nc1nc(SCC(=O)Nc2ccc(Cl)cc2)nc2sc3c(c12)CCCC3. The second-order valence-electron chi connectivity index (χ2n) is 6.13. The summed E-state index contributed by atoms with van der Waals surface area (Å²) in [6, 6.07) is 7.00. The summed E-state index contributed by atoms with van der Waals surface area (Å²) in [4.78, 5) is 23.5. The fourth-order valence-corrected chi connectivity index (χ4v) is 5.19. The largest absolute Gasteiger partial charge is 0.383 e. The number of halogens is 1. The van der Waals surface area contributed by atoms with Gasteiger partial charge < -0.3 is 11.1 Å². The van der Waals surface area contributed by atoms with E-state index in [0.717, 1.165) is 23.1 Å². The Hall–Kier alpha value is -1.83. The first-order chi connectivity index (χ1) is 12.6. The van der Waals surface area contributed by atoms with Gasteiger partial charge in [0, 0.05) is 15.6 Å². The molecule has 0 saturated heterocycles. The summed E-state index contributed by atoms with van der Waals surface area (Å²) < 4.78 is 0. The molecule has 0 unspecified atom stereocenters. The van der Waals surface area contributed by atoms with Gasteiger partial charge in [-0.1, -0.05) is 23.4 Å². The first-order valence-electron chi connectivity index (χ1n) is 8.36. The second-order valence-corrected chi connectivity index (χ2v) is 8.59.